The Kier molecular flexibility index (Phi) is 4.75. The minimum atomic E-state index is -0.0482. The van der Waals surface area contributed by atoms with Crippen LogP contribution in [0.2, 0.25) is 0 Å². The number of carbonyl (C=O) groups excluding carboxylic acids is 1. The van der Waals surface area contributed by atoms with Crippen LogP contribution in [-0.2, 0) is 11.2 Å². The Labute approximate surface area is 174 Å². The molecule has 0 radical (unpaired) electrons. The molecule has 1 atom stereocenters. The quantitative estimate of drug-likeness (QED) is 0.539. The normalized spacial score (nSPS) is 16.7. The molecular weight excluding hydrogens is 380 g/mol. The van der Waals surface area contributed by atoms with Crippen molar-refractivity contribution in [3.8, 4) is 0 Å². The van der Waals surface area contributed by atoms with E-state index in [2.05, 4.69) is 29.0 Å². The lowest BCUT2D eigenvalue weighted by Gasteiger charge is -2.23. The van der Waals surface area contributed by atoms with E-state index < -0.39 is 0 Å². The number of benzene rings is 2. The molecule has 2 aromatic heterocycles. The van der Waals surface area contributed by atoms with Gasteiger partial charge in [-0.25, -0.2) is 9.97 Å². The molecule has 0 bridgehead atoms. The van der Waals surface area contributed by atoms with Crippen LogP contribution in [0.3, 0.4) is 0 Å². The van der Waals surface area contributed by atoms with Crippen LogP contribution in [0.4, 0.5) is 0 Å². The number of aryl methyl sites for hydroxylation is 1. The van der Waals surface area contributed by atoms with Gasteiger partial charge in [-0.15, -0.1) is 0 Å². The van der Waals surface area contributed by atoms with E-state index in [0.717, 1.165) is 35.2 Å². The minimum absolute atomic E-state index is 0.00845. The van der Waals surface area contributed by atoms with Crippen LogP contribution in [0.5, 0.6) is 0 Å². The average molecular weight is 404 g/mol. The molecule has 5 rings (SSSR count). The van der Waals surface area contributed by atoms with E-state index >= 15 is 0 Å². The number of nitrogens with zero attached hydrogens (tertiary/aromatic N) is 3. The highest BCUT2D eigenvalue weighted by atomic mass is 16.5. The van der Waals surface area contributed by atoms with E-state index in [-0.39, 0.29) is 11.9 Å². The molecule has 30 heavy (non-hydrogen) atoms. The van der Waals surface area contributed by atoms with Crippen LogP contribution >= 0.6 is 0 Å². The van der Waals surface area contributed by atoms with Gasteiger partial charge in [0.25, 0.3) is 5.91 Å². The number of aromatic amines is 1. The second-order valence-electron chi connectivity index (χ2n) is 7.83. The van der Waals surface area contributed by atoms with Crippen molar-refractivity contribution in [1.82, 2.24) is 19.9 Å². The first-order valence-electron chi connectivity index (χ1n) is 10.3. The highest BCUT2D eigenvalue weighted by Gasteiger charge is 2.33. The second-order valence-corrected chi connectivity index (χ2v) is 7.83. The largest absolute Gasteiger partial charge is 0.441 e. The fraction of sp³-hybridized carbons (Fsp3) is 0.348. The number of likely N-dealkylation sites (tertiary alicyclic amines) is 1. The molecule has 3 heterocycles. The van der Waals surface area contributed by atoms with Gasteiger partial charge in [0.15, 0.2) is 11.5 Å². The molecule has 154 valence electrons. The van der Waals surface area contributed by atoms with E-state index in [4.69, 9.17) is 14.1 Å². The number of amides is 1. The van der Waals surface area contributed by atoms with Gasteiger partial charge < -0.3 is 19.0 Å². The zero-order chi connectivity index (χ0) is 20.7. The van der Waals surface area contributed by atoms with Crippen molar-refractivity contribution >= 4 is 28.0 Å². The third kappa shape index (κ3) is 3.35. The number of imidazole rings is 1. The Morgan fingerprint density at radius 3 is 2.97 bits per heavy atom. The Bertz CT molecular complexity index is 1230. The van der Waals surface area contributed by atoms with Crippen molar-refractivity contribution in [2.24, 2.45) is 0 Å². The summed E-state index contributed by atoms with van der Waals surface area (Å²) < 4.78 is 10.9. The standard InChI is InChI=1S/C23H24N4O3/c1-14-5-7-16-18(12-14)26-22(25-16)19-4-3-10-27(19)23(28)15-6-8-17-20(13-15)30-21(24-17)9-11-29-2/h5-8,12-13,19H,3-4,9-11H2,1-2H3,(H,25,26). The summed E-state index contributed by atoms with van der Waals surface area (Å²) in [7, 11) is 1.65. The van der Waals surface area contributed by atoms with E-state index in [9.17, 15) is 4.79 Å². The summed E-state index contributed by atoms with van der Waals surface area (Å²) in [4.78, 5) is 27.9. The van der Waals surface area contributed by atoms with E-state index in [0.29, 0.717) is 36.6 Å². The van der Waals surface area contributed by atoms with Gasteiger partial charge in [0, 0.05) is 25.6 Å². The Hall–Kier alpha value is -3.19. The molecule has 7 heteroatoms. The maximum atomic E-state index is 13.3. The fourth-order valence-electron chi connectivity index (χ4n) is 4.16. The van der Waals surface area contributed by atoms with Crippen LogP contribution in [0.1, 0.15) is 46.5 Å². The number of carbonyl (C=O) groups is 1. The number of H-pyrrole nitrogens is 1. The molecule has 2 aromatic carbocycles. The summed E-state index contributed by atoms with van der Waals surface area (Å²) >= 11 is 0. The predicted octanol–water partition coefficient (Wildman–Crippen LogP) is 4.18. The monoisotopic (exact) mass is 404 g/mol. The van der Waals surface area contributed by atoms with Gasteiger partial charge in [0.05, 0.1) is 23.7 Å². The maximum absolute atomic E-state index is 13.3. The third-order valence-corrected chi connectivity index (χ3v) is 5.68. The van der Waals surface area contributed by atoms with Gasteiger partial charge in [0.2, 0.25) is 0 Å². The van der Waals surface area contributed by atoms with Crippen LogP contribution < -0.4 is 0 Å². The summed E-state index contributed by atoms with van der Waals surface area (Å²) in [5.41, 5.74) is 5.11. The van der Waals surface area contributed by atoms with Gasteiger partial charge in [-0.1, -0.05) is 6.07 Å². The molecule has 0 aliphatic carbocycles. The highest BCUT2D eigenvalue weighted by Crippen LogP contribution is 2.33. The number of fused-ring (bicyclic) bond motifs is 2. The molecule has 1 fully saturated rings. The number of hydrogen-bond donors (Lipinski definition) is 1. The van der Waals surface area contributed by atoms with Crippen LogP contribution in [0.25, 0.3) is 22.1 Å². The molecular formula is C23H24N4O3. The lowest BCUT2D eigenvalue weighted by Crippen LogP contribution is -2.31. The number of rotatable bonds is 5. The maximum Gasteiger partial charge on any atom is 0.254 e. The van der Waals surface area contributed by atoms with E-state index in [1.165, 1.54) is 5.56 Å². The van der Waals surface area contributed by atoms with Gasteiger partial charge in [-0.3, -0.25) is 4.79 Å². The van der Waals surface area contributed by atoms with Crippen molar-refractivity contribution < 1.29 is 13.9 Å². The number of ether oxygens (including phenoxy) is 1. The van der Waals surface area contributed by atoms with Crippen LogP contribution in [0, 0.1) is 6.92 Å². The predicted molar refractivity (Wildman–Crippen MR) is 113 cm³/mol. The first kappa shape index (κ1) is 18.8. The summed E-state index contributed by atoms with van der Waals surface area (Å²) in [6.45, 7) is 3.32. The average Bonchev–Trinajstić information content (AvgIpc) is 3.47. The Morgan fingerprint density at radius 2 is 2.10 bits per heavy atom. The van der Waals surface area contributed by atoms with Crippen molar-refractivity contribution in [2.75, 3.05) is 20.3 Å². The lowest BCUT2D eigenvalue weighted by atomic mass is 10.1. The van der Waals surface area contributed by atoms with Crippen molar-refractivity contribution in [3.05, 3.63) is 59.2 Å². The Morgan fingerprint density at radius 1 is 1.23 bits per heavy atom. The molecule has 1 aliphatic heterocycles. The number of methoxy groups -OCH3 is 1. The van der Waals surface area contributed by atoms with E-state index in [1.807, 2.05) is 23.1 Å². The molecule has 1 N–H and O–H groups in total. The molecule has 7 nitrogen and oxygen atoms in total. The molecule has 1 aliphatic rings. The summed E-state index contributed by atoms with van der Waals surface area (Å²) in [6.07, 6.45) is 2.46. The number of aromatic nitrogens is 3. The molecule has 0 spiro atoms. The van der Waals surface area contributed by atoms with Gasteiger partial charge >= 0.3 is 0 Å². The molecule has 1 unspecified atom stereocenters. The highest BCUT2D eigenvalue weighted by molar-refractivity contribution is 5.97. The van der Waals surface area contributed by atoms with Crippen molar-refractivity contribution in [2.45, 2.75) is 32.2 Å². The first-order valence-corrected chi connectivity index (χ1v) is 10.3. The molecule has 1 saturated heterocycles. The van der Waals surface area contributed by atoms with Gasteiger partial charge in [-0.05, 0) is 55.7 Å². The number of hydrogen-bond acceptors (Lipinski definition) is 5. The van der Waals surface area contributed by atoms with Gasteiger partial charge in [-0.2, -0.15) is 0 Å². The smallest absolute Gasteiger partial charge is 0.254 e. The first-order chi connectivity index (χ1) is 14.6. The number of oxazole rings is 1. The summed E-state index contributed by atoms with van der Waals surface area (Å²) in [5.74, 6) is 1.46. The van der Waals surface area contributed by atoms with Crippen LogP contribution in [0.15, 0.2) is 40.8 Å². The Balaban J connectivity index is 1.42. The minimum Gasteiger partial charge on any atom is -0.441 e. The zero-order valence-corrected chi connectivity index (χ0v) is 17.1. The summed E-state index contributed by atoms with van der Waals surface area (Å²) in [5, 5.41) is 0. The second kappa shape index (κ2) is 7.57. The molecule has 1 amide bonds. The van der Waals surface area contributed by atoms with Gasteiger partial charge in [0.1, 0.15) is 11.3 Å². The zero-order valence-electron chi connectivity index (χ0n) is 17.1. The topological polar surface area (TPSA) is 84.2 Å². The molecule has 4 aromatic rings. The van der Waals surface area contributed by atoms with Crippen molar-refractivity contribution in [3.63, 3.8) is 0 Å². The third-order valence-electron chi connectivity index (χ3n) is 5.68. The molecule has 0 saturated carbocycles. The van der Waals surface area contributed by atoms with Crippen molar-refractivity contribution in [1.29, 1.82) is 0 Å². The van der Waals surface area contributed by atoms with E-state index in [1.54, 1.807) is 13.2 Å². The summed E-state index contributed by atoms with van der Waals surface area (Å²) in [6, 6.07) is 11.6. The van der Waals surface area contributed by atoms with Crippen LogP contribution in [-0.4, -0.2) is 46.0 Å². The number of nitrogens with one attached hydrogen (secondary N) is 1. The lowest BCUT2D eigenvalue weighted by molar-refractivity contribution is 0.0730. The fourth-order valence-corrected chi connectivity index (χ4v) is 4.16. The SMILES string of the molecule is COCCc1nc2ccc(C(=O)N3CCCC3c3nc4ccc(C)cc4[nH]3)cc2o1.